The molecule has 17 heavy (non-hydrogen) atoms. The fourth-order valence-corrected chi connectivity index (χ4v) is 2.24. The second kappa shape index (κ2) is 5.47. The van der Waals surface area contributed by atoms with Gasteiger partial charge in [0, 0.05) is 39.3 Å². The summed E-state index contributed by atoms with van der Waals surface area (Å²) in [5.41, 5.74) is 0.673. The predicted molar refractivity (Wildman–Crippen MR) is 69.0 cm³/mol. The molecular weight excluding hydrogens is 217 g/mol. The molecule has 1 atom stereocenters. The van der Waals surface area contributed by atoms with E-state index in [9.17, 15) is 4.39 Å². The Labute approximate surface area is 102 Å². The summed E-state index contributed by atoms with van der Waals surface area (Å²) in [7, 11) is 4.07. The van der Waals surface area contributed by atoms with Crippen LogP contribution in [0.4, 0.5) is 10.1 Å². The molecule has 1 unspecified atom stereocenters. The van der Waals surface area contributed by atoms with E-state index in [0.717, 1.165) is 26.2 Å². The van der Waals surface area contributed by atoms with Gasteiger partial charge in [-0.15, -0.1) is 0 Å². The summed E-state index contributed by atoms with van der Waals surface area (Å²) in [6.45, 7) is 3.89. The van der Waals surface area contributed by atoms with Crippen molar-refractivity contribution in [2.24, 2.45) is 0 Å². The Morgan fingerprint density at radius 3 is 2.94 bits per heavy atom. The lowest BCUT2D eigenvalue weighted by atomic mass is 10.2. The molecule has 1 N–H and O–H groups in total. The number of nitrogens with one attached hydrogen (secondary N) is 1. The minimum Gasteiger partial charge on any atom is -0.371 e. The van der Waals surface area contributed by atoms with Crippen molar-refractivity contribution in [2.45, 2.75) is 6.04 Å². The molecule has 0 aliphatic carbocycles. The Hall–Kier alpha value is -1.13. The van der Waals surface area contributed by atoms with Gasteiger partial charge in [-0.1, -0.05) is 12.1 Å². The first-order chi connectivity index (χ1) is 8.18. The molecule has 0 saturated carbocycles. The highest BCUT2D eigenvalue weighted by Gasteiger charge is 2.20. The topological polar surface area (TPSA) is 18.5 Å². The molecule has 1 aromatic carbocycles. The maximum absolute atomic E-state index is 13.6. The van der Waals surface area contributed by atoms with Crippen molar-refractivity contribution < 1.29 is 4.39 Å². The quantitative estimate of drug-likeness (QED) is 0.851. The van der Waals surface area contributed by atoms with Crippen LogP contribution in [-0.4, -0.2) is 51.2 Å². The maximum atomic E-state index is 13.6. The van der Waals surface area contributed by atoms with Gasteiger partial charge in [0.15, 0.2) is 0 Å². The average Bonchev–Trinajstić information content (AvgIpc) is 2.32. The Balaban J connectivity index is 2.01. The van der Waals surface area contributed by atoms with E-state index >= 15 is 0 Å². The molecule has 0 radical (unpaired) electrons. The molecule has 94 valence electrons. The molecule has 1 saturated heterocycles. The van der Waals surface area contributed by atoms with Crippen molar-refractivity contribution >= 4 is 5.69 Å². The van der Waals surface area contributed by atoms with Crippen LogP contribution in [0.1, 0.15) is 0 Å². The van der Waals surface area contributed by atoms with Gasteiger partial charge in [0.1, 0.15) is 5.82 Å². The minimum atomic E-state index is -0.151. The summed E-state index contributed by atoms with van der Waals surface area (Å²) < 4.78 is 13.6. The lowest BCUT2D eigenvalue weighted by Crippen LogP contribution is -2.53. The Kier molecular flexibility index (Phi) is 3.97. The first kappa shape index (κ1) is 12.3. The van der Waals surface area contributed by atoms with Crippen LogP contribution in [0.15, 0.2) is 24.3 Å². The third kappa shape index (κ3) is 2.96. The number of nitrogens with zero attached hydrogens (tertiary/aromatic N) is 2. The van der Waals surface area contributed by atoms with E-state index in [-0.39, 0.29) is 5.82 Å². The maximum Gasteiger partial charge on any atom is 0.146 e. The number of para-hydroxylation sites is 1. The lowest BCUT2D eigenvalue weighted by molar-refractivity contribution is 0.204. The fourth-order valence-electron chi connectivity index (χ4n) is 2.24. The van der Waals surface area contributed by atoms with Crippen LogP contribution in [0.25, 0.3) is 0 Å². The zero-order valence-corrected chi connectivity index (χ0v) is 10.5. The summed E-state index contributed by atoms with van der Waals surface area (Å²) in [5.74, 6) is -0.151. The monoisotopic (exact) mass is 237 g/mol. The highest BCUT2D eigenvalue weighted by molar-refractivity contribution is 5.46. The Morgan fingerprint density at radius 2 is 2.24 bits per heavy atom. The van der Waals surface area contributed by atoms with Gasteiger partial charge in [0.2, 0.25) is 0 Å². The SMILES string of the molecule is CN(CC1CNCCN1C)c1ccccc1F. The average molecular weight is 237 g/mol. The number of likely N-dealkylation sites (N-methyl/N-ethyl adjacent to an activating group) is 2. The fraction of sp³-hybridized carbons (Fsp3) is 0.538. The molecule has 0 aromatic heterocycles. The van der Waals surface area contributed by atoms with Crippen molar-refractivity contribution in [1.29, 1.82) is 0 Å². The number of rotatable bonds is 3. The second-order valence-electron chi connectivity index (χ2n) is 4.67. The smallest absolute Gasteiger partial charge is 0.146 e. The molecule has 0 amide bonds. The summed E-state index contributed by atoms with van der Waals surface area (Å²) in [5, 5.41) is 3.37. The van der Waals surface area contributed by atoms with E-state index in [1.54, 1.807) is 6.07 Å². The van der Waals surface area contributed by atoms with Crippen LogP contribution in [0, 0.1) is 5.82 Å². The summed E-state index contributed by atoms with van der Waals surface area (Å²) >= 11 is 0. The molecule has 1 fully saturated rings. The van der Waals surface area contributed by atoms with Crippen LogP contribution in [0.5, 0.6) is 0 Å². The lowest BCUT2D eigenvalue weighted by Gasteiger charge is -2.36. The van der Waals surface area contributed by atoms with Crippen molar-refractivity contribution in [3.63, 3.8) is 0 Å². The van der Waals surface area contributed by atoms with Crippen LogP contribution in [0.3, 0.4) is 0 Å². The largest absolute Gasteiger partial charge is 0.371 e. The molecule has 4 heteroatoms. The van der Waals surface area contributed by atoms with Gasteiger partial charge in [-0.05, 0) is 19.2 Å². The molecule has 0 spiro atoms. The zero-order valence-electron chi connectivity index (χ0n) is 10.5. The second-order valence-corrected chi connectivity index (χ2v) is 4.67. The van der Waals surface area contributed by atoms with E-state index in [1.165, 1.54) is 6.07 Å². The number of benzene rings is 1. The van der Waals surface area contributed by atoms with Crippen molar-refractivity contribution in [1.82, 2.24) is 10.2 Å². The van der Waals surface area contributed by atoms with Crippen LogP contribution in [-0.2, 0) is 0 Å². The highest BCUT2D eigenvalue weighted by atomic mass is 19.1. The molecular formula is C13H20FN3. The molecule has 1 aliphatic rings. The van der Waals surface area contributed by atoms with E-state index in [4.69, 9.17) is 0 Å². The number of hydrogen-bond donors (Lipinski definition) is 1. The normalized spacial score (nSPS) is 21.5. The van der Waals surface area contributed by atoms with Gasteiger partial charge in [0.05, 0.1) is 5.69 Å². The minimum absolute atomic E-state index is 0.151. The first-order valence-corrected chi connectivity index (χ1v) is 6.05. The van der Waals surface area contributed by atoms with Crippen LogP contribution >= 0.6 is 0 Å². The van der Waals surface area contributed by atoms with Gasteiger partial charge >= 0.3 is 0 Å². The molecule has 2 rings (SSSR count). The van der Waals surface area contributed by atoms with E-state index in [1.807, 2.05) is 24.1 Å². The molecule has 1 aromatic rings. The molecule has 0 bridgehead atoms. The van der Waals surface area contributed by atoms with Crippen molar-refractivity contribution in [2.75, 3.05) is 45.2 Å². The zero-order chi connectivity index (χ0) is 12.3. The molecule has 1 aliphatic heterocycles. The van der Waals surface area contributed by atoms with Crippen molar-refractivity contribution in [3.8, 4) is 0 Å². The molecule has 1 heterocycles. The Bertz CT molecular complexity index is 369. The van der Waals surface area contributed by atoms with Gasteiger partial charge < -0.3 is 10.2 Å². The number of hydrogen-bond acceptors (Lipinski definition) is 3. The van der Waals surface area contributed by atoms with E-state index < -0.39 is 0 Å². The first-order valence-electron chi connectivity index (χ1n) is 6.05. The highest BCUT2D eigenvalue weighted by Crippen LogP contribution is 2.18. The van der Waals surface area contributed by atoms with Gasteiger partial charge in [0.25, 0.3) is 0 Å². The summed E-state index contributed by atoms with van der Waals surface area (Å²) in [6, 6.07) is 7.37. The summed E-state index contributed by atoms with van der Waals surface area (Å²) in [4.78, 5) is 4.32. The van der Waals surface area contributed by atoms with Gasteiger partial charge in [-0.2, -0.15) is 0 Å². The Morgan fingerprint density at radius 1 is 1.47 bits per heavy atom. The molecule has 3 nitrogen and oxygen atoms in total. The van der Waals surface area contributed by atoms with Crippen LogP contribution in [0.2, 0.25) is 0 Å². The number of anilines is 1. The third-order valence-corrected chi connectivity index (χ3v) is 3.39. The third-order valence-electron chi connectivity index (χ3n) is 3.39. The van der Waals surface area contributed by atoms with E-state index in [0.29, 0.717) is 11.7 Å². The summed E-state index contributed by atoms with van der Waals surface area (Å²) in [6.07, 6.45) is 0. The van der Waals surface area contributed by atoms with Gasteiger partial charge in [-0.25, -0.2) is 4.39 Å². The van der Waals surface area contributed by atoms with Gasteiger partial charge in [-0.3, -0.25) is 4.90 Å². The van der Waals surface area contributed by atoms with Crippen LogP contribution < -0.4 is 10.2 Å². The van der Waals surface area contributed by atoms with E-state index in [2.05, 4.69) is 17.3 Å². The standard InChI is InChI=1S/C13H20FN3/c1-16-8-7-15-9-11(16)10-17(2)13-6-4-3-5-12(13)14/h3-6,11,15H,7-10H2,1-2H3. The predicted octanol–water partition coefficient (Wildman–Crippen LogP) is 1.17. The number of halogens is 1. The van der Waals surface area contributed by atoms with Crippen molar-refractivity contribution in [3.05, 3.63) is 30.1 Å². The number of piperazine rings is 1.